The Morgan fingerprint density at radius 3 is 3.06 bits per heavy atom. The van der Waals surface area contributed by atoms with E-state index >= 15 is 0 Å². The number of hydrogen-bond acceptors (Lipinski definition) is 4. The van der Waals surface area contributed by atoms with Crippen LogP contribution in [0.25, 0.3) is 0 Å². The first-order valence-electron chi connectivity index (χ1n) is 5.94. The third-order valence-corrected chi connectivity index (χ3v) is 3.13. The van der Waals surface area contributed by atoms with E-state index in [1.54, 1.807) is 6.33 Å². The minimum absolute atomic E-state index is 0.104. The largest absolute Gasteiger partial charge is 0.393 e. The van der Waals surface area contributed by atoms with Crippen molar-refractivity contribution in [2.24, 2.45) is 5.92 Å². The van der Waals surface area contributed by atoms with Crippen LogP contribution in [0, 0.1) is 12.8 Å². The molecule has 1 aliphatic carbocycles. The van der Waals surface area contributed by atoms with Gasteiger partial charge in [-0.3, -0.25) is 0 Å². The monoisotopic (exact) mass is 221 g/mol. The van der Waals surface area contributed by atoms with Gasteiger partial charge < -0.3 is 10.4 Å². The average Bonchev–Trinajstić information content (AvgIpc) is 2.27. The van der Waals surface area contributed by atoms with Crippen molar-refractivity contribution in [2.45, 2.75) is 38.7 Å². The van der Waals surface area contributed by atoms with E-state index in [4.69, 9.17) is 0 Å². The summed E-state index contributed by atoms with van der Waals surface area (Å²) < 4.78 is 0. The molecule has 1 heterocycles. The van der Waals surface area contributed by atoms with Crippen molar-refractivity contribution in [3.8, 4) is 0 Å². The third kappa shape index (κ3) is 3.17. The Hall–Kier alpha value is -1.16. The Kier molecular flexibility index (Phi) is 3.72. The zero-order chi connectivity index (χ0) is 11.4. The van der Waals surface area contributed by atoms with Crippen LogP contribution in [0.4, 0.5) is 5.82 Å². The summed E-state index contributed by atoms with van der Waals surface area (Å²) in [5, 5.41) is 12.9. The van der Waals surface area contributed by atoms with Crippen molar-refractivity contribution in [3.05, 3.63) is 18.1 Å². The molecular weight excluding hydrogens is 202 g/mol. The van der Waals surface area contributed by atoms with Crippen molar-refractivity contribution in [1.29, 1.82) is 0 Å². The molecule has 4 nitrogen and oxygen atoms in total. The van der Waals surface area contributed by atoms with E-state index in [1.807, 2.05) is 13.0 Å². The maximum absolute atomic E-state index is 9.57. The number of aliphatic hydroxyl groups excluding tert-OH is 1. The Morgan fingerprint density at radius 1 is 1.44 bits per heavy atom. The number of aromatic nitrogens is 2. The van der Waals surface area contributed by atoms with Gasteiger partial charge >= 0.3 is 0 Å². The number of hydrogen-bond donors (Lipinski definition) is 2. The third-order valence-electron chi connectivity index (χ3n) is 3.13. The molecule has 0 aliphatic heterocycles. The SMILES string of the molecule is Cc1cc(NCC2CCCC(O)C2)ncn1. The van der Waals surface area contributed by atoms with Crippen LogP contribution in [0.3, 0.4) is 0 Å². The highest BCUT2D eigenvalue weighted by molar-refractivity contribution is 5.34. The van der Waals surface area contributed by atoms with Crippen molar-refractivity contribution in [2.75, 3.05) is 11.9 Å². The fraction of sp³-hybridized carbons (Fsp3) is 0.667. The summed E-state index contributed by atoms with van der Waals surface area (Å²) in [4.78, 5) is 8.21. The highest BCUT2D eigenvalue weighted by atomic mass is 16.3. The molecule has 1 saturated carbocycles. The van der Waals surface area contributed by atoms with Gasteiger partial charge in [-0.1, -0.05) is 6.42 Å². The van der Waals surface area contributed by atoms with E-state index < -0.39 is 0 Å². The molecule has 2 atom stereocenters. The zero-order valence-corrected chi connectivity index (χ0v) is 9.69. The molecule has 2 N–H and O–H groups in total. The Labute approximate surface area is 96.1 Å². The smallest absolute Gasteiger partial charge is 0.129 e. The first kappa shape index (κ1) is 11.3. The van der Waals surface area contributed by atoms with Crippen LogP contribution in [0.15, 0.2) is 12.4 Å². The Morgan fingerprint density at radius 2 is 2.31 bits per heavy atom. The minimum atomic E-state index is -0.104. The lowest BCUT2D eigenvalue weighted by atomic mass is 9.87. The average molecular weight is 221 g/mol. The van der Waals surface area contributed by atoms with Crippen LogP contribution >= 0.6 is 0 Å². The number of nitrogens with one attached hydrogen (secondary N) is 1. The van der Waals surface area contributed by atoms with Gasteiger partial charge in [0, 0.05) is 18.3 Å². The van der Waals surface area contributed by atoms with Gasteiger partial charge in [0.15, 0.2) is 0 Å². The number of rotatable bonds is 3. The summed E-state index contributed by atoms with van der Waals surface area (Å²) >= 11 is 0. The summed E-state index contributed by atoms with van der Waals surface area (Å²) in [7, 11) is 0. The molecule has 0 saturated heterocycles. The molecule has 0 bridgehead atoms. The normalized spacial score (nSPS) is 25.4. The van der Waals surface area contributed by atoms with E-state index in [-0.39, 0.29) is 6.10 Å². The number of aryl methyl sites for hydroxylation is 1. The summed E-state index contributed by atoms with van der Waals surface area (Å²) in [6.45, 7) is 2.85. The van der Waals surface area contributed by atoms with Gasteiger partial charge in [-0.2, -0.15) is 0 Å². The standard InChI is InChI=1S/C12H19N3O/c1-9-5-12(15-8-14-9)13-7-10-3-2-4-11(16)6-10/h5,8,10-11,16H,2-4,6-7H2,1H3,(H,13,14,15). The molecule has 2 rings (SSSR count). The molecule has 16 heavy (non-hydrogen) atoms. The van der Waals surface area contributed by atoms with Gasteiger partial charge in [-0.05, 0) is 32.1 Å². The lowest BCUT2D eigenvalue weighted by molar-refractivity contribution is 0.104. The second kappa shape index (κ2) is 5.25. The van der Waals surface area contributed by atoms with Crippen molar-refractivity contribution in [3.63, 3.8) is 0 Å². The zero-order valence-electron chi connectivity index (χ0n) is 9.69. The summed E-state index contributed by atoms with van der Waals surface area (Å²) in [6.07, 6.45) is 5.69. The number of nitrogens with zero attached hydrogens (tertiary/aromatic N) is 2. The fourth-order valence-corrected chi connectivity index (χ4v) is 2.25. The van der Waals surface area contributed by atoms with Crippen LogP contribution in [0.1, 0.15) is 31.4 Å². The minimum Gasteiger partial charge on any atom is -0.393 e. The van der Waals surface area contributed by atoms with Gasteiger partial charge in [0.1, 0.15) is 12.1 Å². The summed E-state index contributed by atoms with van der Waals surface area (Å²) in [5.41, 5.74) is 0.973. The molecule has 0 radical (unpaired) electrons. The van der Waals surface area contributed by atoms with Gasteiger partial charge in [-0.15, -0.1) is 0 Å². The van der Waals surface area contributed by atoms with E-state index in [1.165, 1.54) is 6.42 Å². The molecule has 88 valence electrons. The first-order chi connectivity index (χ1) is 7.74. The maximum Gasteiger partial charge on any atom is 0.129 e. The molecule has 1 aromatic heterocycles. The second-order valence-corrected chi connectivity index (χ2v) is 4.61. The number of aliphatic hydroxyl groups is 1. The van der Waals surface area contributed by atoms with Crippen LogP contribution < -0.4 is 5.32 Å². The lowest BCUT2D eigenvalue weighted by Gasteiger charge is -2.26. The lowest BCUT2D eigenvalue weighted by Crippen LogP contribution is -2.25. The molecule has 0 aromatic carbocycles. The molecule has 0 spiro atoms. The molecule has 4 heteroatoms. The molecule has 1 aromatic rings. The molecule has 1 fully saturated rings. The molecule has 0 amide bonds. The predicted molar refractivity (Wildman–Crippen MR) is 63.2 cm³/mol. The van der Waals surface area contributed by atoms with Crippen LogP contribution in [0.5, 0.6) is 0 Å². The van der Waals surface area contributed by atoms with E-state index in [9.17, 15) is 5.11 Å². The Bertz CT molecular complexity index is 343. The van der Waals surface area contributed by atoms with Crippen molar-refractivity contribution in [1.82, 2.24) is 9.97 Å². The highest BCUT2D eigenvalue weighted by Crippen LogP contribution is 2.24. The van der Waals surface area contributed by atoms with Gasteiger partial charge in [-0.25, -0.2) is 9.97 Å². The second-order valence-electron chi connectivity index (χ2n) is 4.61. The quantitative estimate of drug-likeness (QED) is 0.816. The summed E-state index contributed by atoms with van der Waals surface area (Å²) in [5.74, 6) is 1.45. The summed E-state index contributed by atoms with van der Waals surface area (Å²) in [6, 6.07) is 1.94. The van der Waals surface area contributed by atoms with Crippen molar-refractivity contribution < 1.29 is 5.11 Å². The van der Waals surface area contributed by atoms with Gasteiger partial charge in [0.25, 0.3) is 0 Å². The van der Waals surface area contributed by atoms with Crippen LogP contribution in [-0.2, 0) is 0 Å². The first-order valence-corrected chi connectivity index (χ1v) is 5.94. The predicted octanol–water partition coefficient (Wildman–Crippen LogP) is 1.75. The van der Waals surface area contributed by atoms with Crippen LogP contribution in [-0.4, -0.2) is 27.7 Å². The highest BCUT2D eigenvalue weighted by Gasteiger charge is 2.19. The van der Waals surface area contributed by atoms with Gasteiger partial charge in [0.2, 0.25) is 0 Å². The molecule has 1 aliphatic rings. The van der Waals surface area contributed by atoms with E-state index in [0.29, 0.717) is 5.92 Å². The molecular formula is C12H19N3O. The molecule has 2 unspecified atom stereocenters. The Balaban J connectivity index is 1.82. The van der Waals surface area contributed by atoms with E-state index in [0.717, 1.165) is 37.3 Å². The fourth-order valence-electron chi connectivity index (χ4n) is 2.25. The maximum atomic E-state index is 9.57. The van der Waals surface area contributed by atoms with Crippen LogP contribution in [0.2, 0.25) is 0 Å². The topological polar surface area (TPSA) is 58.0 Å². The van der Waals surface area contributed by atoms with E-state index in [2.05, 4.69) is 15.3 Å². The number of anilines is 1. The van der Waals surface area contributed by atoms with Gasteiger partial charge in [0.05, 0.1) is 6.10 Å². The van der Waals surface area contributed by atoms with Crippen molar-refractivity contribution >= 4 is 5.82 Å².